The van der Waals surface area contributed by atoms with Crippen molar-refractivity contribution in [3.8, 4) is 17.0 Å². The van der Waals surface area contributed by atoms with E-state index >= 15 is 0 Å². The molecule has 1 aromatic carbocycles. The van der Waals surface area contributed by atoms with E-state index in [1.165, 1.54) is 18.3 Å². The first kappa shape index (κ1) is 25.0. The highest BCUT2D eigenvalue weighted by atomic mass is 19.4. The summed E-state index contributed by atoms with van der Waals surface area (Å²) in [5, 5.41) is 17.2. The number of carbonyl (C=O) groups excluding carboxylic acids is 1. The molecule has 0 radical (unpaired) electrons. The number of benzene rings is 1. The summed E-state index contributed by atoms with van der Waals surface area (Å²) in [6.07, 6.45) is 1.06. The Hall–Kier alpha value is -3.64. The molecule has 1 amide bonds. The Morgan fingerprint density at radius 2 is 1.97 bits per heavy atom. The number of pyridine rings is 1. The van der Waals surface area contributed by atoms with Gasteiger partial charge in [0.15, 0.2) is 6.23 Å². The molecule has 0 spiro atoms. The van der Waals surface area contributed by atoms with Crippen LogP contribution in [0.15, 0.2) is 48.8 Å². The Morgan fingerprint density at radius 1 is 1.16 bits per heavy atom. The summed E-state index contributed by atoms with van der Waals surface area (Å²) in [7, 11) is 0. The molecule has 196 valence electrons. The summed E-state index contributed by atoms with van der Waals surface area (Å²) in [4.78, 5) is 19.6. The van der Waals surface area contributed by atoms with Crippen LogP contribution >= 0.6 is 0 Å². The molecule has 12 heteroatoms. The largest absolute Gasteiger partial charge is 0.573 e. The lowest BCUT2D eigenvalue weighted by Gasteiger charge is -2.26. The molecule has 0 bridgehead atoms. The Morgan fingerprint density at radius 3 is 2.65 bits per heavy atom. The van der Waals surface area contributed by atoms with Gasteiger partial charge in [-0.3, -0.25) is 4.79 Å². The molecule has 9 nitrogen and oxygen atoms in total. The Bertz CT molecular complexity index is 1240. The number of ether oxygens (including phenoxy) is 2. The van der Waals surface area contributed by atoms with E-state index in [2.05, 4.69) is 20.1 Å². The van der Waals surface area contributed by atoms with Gasteiger partial charge < -0.3 is 24.8 Å². The van der Waals surface area contributed by atoms with Crippen LogP contribution in [0.25, 0.3) is 11.3 Å². The van der Waals surface area contributed by atoms with Gasteiger partial charge in [0.25, 0.3) is 5.91 Å². The molecule has 3 aromatic rings. The van der Waals surface area contributed by atoms with Crippen LogP contribution in [0, 0.1) is 0 Å². The van der Waals surface area contributed by atoms with Crippen molar-refractivity contribution in [2.24, 2.45) is 0 Å². The predicted octanol–water partition coefficient (Wildman–Crippen LogP) is 4.37. The molecule has 2 N–H and O–H groups in total. The lowest BCUT2D eigenvalue weighted by Crippen LogP contribution is -2.25. The van der Waals surface area contributed by atoms with Gasteiger partial charge in [-0.25, -0.2) is 9.67 Å². The van der Waals surface area contributed by atoms with Gasteiger partial charge in [-0.2, -0.15) is 5.10 Å². The summed E-state index contributed by atoms with van der Waals surface area (Å²) >= 11 is 0. The summed E-state index contributed by atoms with van der Waals surface area (Å²) in [6.45, 7) is 1.68. The second-order valence-corrected chi connectivity index (χ2v) is 8.99. The smallest absolute Gasteiger partial charge is 0.406 e. The quantitative estimate of drug-likeness (QED) is 0.501. The van der Waals surface area contributed by atoms with Crippen LogP contribution in [-0.2, 0) is 4.74 Å². The van der Waals surface area contributed by atoms with Crippen molar-refractivity contribution in [3.63, 3.8) is 0 Å². The maximum Gasteiger partial charge on any atom is 0.573 e. The number of hydrogen-bond donors (Lipinski definition) is 2. The maximum absolute atomic E-state index is 13.1. The number of amides is 1. The summed E-state index contributed by atoms with van der Waals surface area (Å²) < 4.78 is 48.8. The third-order valence-corrected chi connectivity index (χ3v) is 6.31. The number of halogens is 3. The van der Waals surface area contributed by atoms with Crippen LogP contribution in [0.1, 0.15) is 42.3 Å². The van der Waals surface area contributed by atoms with Gasteiger partial charge in [0, 0.05) is 43.3 Å². The van der Waals surface area contributed by atoms with E-state index in [1.54, 1.807) is 16.9 Å². The molecular weight excluding hydrogens is 491 g/mol. The minimum absolute atomic E-state index is 0.231. The SMILES string of the molecule is O=C(Nc1ccc(OC(F)(F)F)cc1)c1cnc(N2CC[C@@H](O)C2)c(-c2ccnn2C2CCCCO2)c1. The lowest BCUT2D eigenvalue weighted by atomic mass is 10.1. The maximum atomic E-state index is 13.1. The van der Waals surface area contributed by atoms with Crippen LogP contribution in [0.4, 0.5) is 24.7 Å². The molecule has 2 aliphatic heterocycles. The number of nitrogens with zero attached hydrogens (tertiary/aromatic N) is 4. The van der Waals surface area contributed by atoms with E-state index in [-0.39, 0.29) is 17.5 Å². The molecular formula is C25H26F3N5O4. The van der Waals surface area contributed by atoms with Gasteiger partial charge in [0.1, 0.15) is 11.6 Å². The van der Waals surface area contributed by atoms with Crippen LogP contribution in [-0.4, -0.2) is 57.9 Å². The van der Waals surface area contributed by atoms with Crippen molar-refractivity contribution in [1.29, 1.82) is 0 Å². The van der Waals surface area contributed by atoms with Crippen LogP contribution in [0.5, 0.6) is 5.75 Å². The zero-order chi connectivity index (χ0) is 26.0. The van der Waals surface area contributed by atoms with E-state index in [0.29, 0.717) is 43.2 Å². The van der Waals surface area contributed by atoms with Gasteiger partial charge in [-0.15, -0.1) is 13.2 Å². The lowest BCUT2D eigenvalue weighted by molar-refractivity contribution is -0.274. The number of nitrogens with one attached hydrogen (secondary N) is 1. The normalized spacial score (nSPS) is 20.2. The highest BCUT2D eigenvalue weighted by Gasteiger charge is 2.31. The van der Waals surface area contributed by atoms with Crippen LogP contribution < -0.4 is 15.0 Å². The topological polar surface area (TPSA) is 102 Å². The standard InChI is InChI=1S/C25H26F3N5O4/c26-25(27,28)37-19-6-4-17(5-7-19)31-24(35)16-13-20(23(29-14-16)32-11-9-18(34)15-32)21-8-10-30-33(21)22-3-1-2-12-36-22/h4-8,10,13-14,18,22,34H,1-3,9,11-12,15H2,(H,31,35)/t18-,22?/m1/s1. The summed E-state index contributed by atoms with van der Waals surface area (Å²) in [5.41, 5.74) is 1.96. The minimum atomic E-state index is -4.80. The van der Waals surface area contributed by atoms with Crippen molar-refractivity contribution >= 4 is 17.4 Å². The molecule has 2 aliphatic rings. The van der Waals surface area contributed by atoms with Crippen molar-refractivity contribution < 1.29 is 32.5 Å². The van der Waals surface area contributed by atoms with Crippen molar-refractivity contribution in [1.82, 2.24) is 14.8 Å². The molecule has 0 aliphatic carbocycles. The van der Waals surface area contributed by atoms with E-state index in [9.17, 15) is 23.1 Å². The predicted molar refractivity (Wildman–Crippen MR) is 128 cm³/mol. The fraction of sp³-hybridized carbons (Fsp3) is 0.400. The number of aliphatic hydroxyl groups is 1. The molecule has 37 heavy (non-hydrogen) atoms. The van der Waals surface area contributed by atoms with Crippen LogP contribution in [0.2, 0.25) is 0 Å². The van der Waals surface area contributed by atoms with Gasteiger partial charge in [-0.1, -0.05) is 0 Å². The number of alkyl halides is 3. The number of carbonyl (C=O) groups is 1. The average molecular weight is 518 g/mol. The average Bonchev–Trinajstić information content (AvgIpc) is 3.54. The zero-order valence-electron chi connectivity index (χ0n) is 19.8. The Balaban J connectivity index is 1.43. The molecule has 4 heterocycles. The Labute approximate surface area is 210 Å². The first-order valence-corrected chi connectivity index (χ1v) is 12.0. The monoisotopic (exact) mass is 517 g/mol. The highest BCUT2D eigenvalue weighted by Crippen LogP contribution is 2.35. The number of aliphatic hydroxyl groups excluding tert-OH is 1. The van der Waals surface area contributed by atoms with E-state index < -0.39 is 18.4 Å². The van der Waals surface area contributed by atoms with Gasteiger partial charge in [0.2, 0.25) is 0 Å². The highest BCUT2D eigenvalue weighted by molar-refractivity contribution is 6.05. The van der Waals surface area contributed by atoms with Gasteiger partial charge in [-0.05, 0) is 62.1 Å². The van der Waals surface area contributed by atoms with Crippen molar-refractivity contribution in [3.05, 3.63) is 54.4 Å². The van der Waals surface area contributed by atoms with Crippen molar-refractivity contribution in [2.45, 2.75) is 44.4 Å². The number of hydrogen-bond acceptors (Lipinski definition) is 7. The number of rotatable bonds is 6. The number of β-amino-alcohol motifs (C(OH)–C–C–N with tert-alkyl or cyclic N) is 1. The zero-order valence-corrected chi connectivity index (χ0v) is 19.8. The Kier molecular flexibility index (Phi) is 7.02. The second-order valence-electron chi connectivity index (χ2n) is 8.99. The molecule has 0 saturated carbocycles. The third-order valence-electron chi connectivity index (χ3n) is 6.31. The fourth-order valence-electron chi connectivity index (χ4n) is 4.57. The van der Waals surface area contributed by atoms with Crippen LogP contribution in [0.3, 0.4) is 0 Å². The summed E-state index contributed by atoms with van der Waals surface area (Å²) in [6, 6.07) is 8.44. The van der Waals surface area contributed by atoms with E-state index in [0.717, 1.165) is 37.1 Å². The number of anilines is 2. The third kappa shape index (κ3) is 5.86. The molecule has 2 saturated heterocycles. The van der Waals surface area contributed by atoms with Gasteiger partial charge in [0.05, 0.1) is 17.4 Å². The molecule has 5 rings (SSSR count). The molecule has 2 aromatic heterocycles. The van der Waals surface area contributed by atoms with E-state index in [4.69, 9.17) is 4.74 Å². The van der Waals surface area contributed by atoms with E-state index in [1.807, 2.05) is 11.0 Å². The minimum Gasteiger partial charge on any atom is -0.406 e. The molecule has 1 unspecified atom stereocenters. The molecule has 2 atom stereocenters. The first-order chi connectivity index (χ1) is 17.8. The first-order valence-electron chi connectivity index (χ1n) is 12.0. The van der Waals surface area contributed by atoms with Gasteiger partial charge >= 0.3 is 6.36 Å². The molecule has 2 fully saturated rings. The fourth-order valence-corrected chi connectivity index (χ4v) is 4.57. The second kappa shape index (κ2) is 10.4. The number of aromatic nitrogens is 3. The summed E-state index contributed by atoms with van der Waals surface area (Å²) in [5.74, 6) is -0.240. The van der Waals surface area contributed by atoms with Crippen molar-refractivity contribution in [2.75, 3.05) is 29.9 Å².